The van der Waals surface area contributed by atoms with Gasteiger partial charge in [0.25, 0.3) is 0 Å². The molecule has 3 nitrogen and oxygen atoms in total. The average molecular weight is 220 g/mol. The Bertz CT molecular complexity index is 323. The molecule has 2 aliphatic rings. The van der Waals surface area contributed by atoms with Gasteiger partial charge in [-0.1, -0.05) is 0 Å². The highest BCUT2D eigenvalue weighted by molar-refractivity contribution is 4.97. The highest BCUT2D eigenvalue weighted by Gasteiger charge is 2.36. The van der Waals surface area contributed by atoms with Crippen molar-refractivity contribution in [1.82, 2.24) is 10.2 Å². The van der Waals surface area contributed by atoms with Crippen molar-refractivity contribution in [3.63, 3.8) is 0 Å². The van der Waals surface area contributed by atoms with Gasteiger partial charge in [-0.05, 0) is 37.3 Å². The number of piperidine rings is 1. The molecule has 3 heteroatoms. The van der Waals surface area contributed by atoms with Crippen LogP contribution >= 0.6 is 0 Å². The maximum Gasteiger partial charge on any atom is 0.117 e. The van der Waals surface area contributed by atoms with Crippen LogP contribution in [0.3, 0.4) is 0 Å². The Morgan fingerprint density at radius 2 is 2.44 bits per heavy atom. The summed E-state index contributed by atoms with van der Waals surface area (Å²) in [6.07, 6.45) is 6.10. The summed E-state index contributed by atoms with van der Waals surface area (Å²) < 4.78 is 5.28. The first-order valence-electron chi connectivity index (χ1n) is 6.39. The lowest BCUT2D eigenvalue weighted by Gasteiger charge is -2.26. The molecule has 1 aromatic heterocycles. The van der Waals surface area contributed by atoms with Gasteiger partial charge in [0.15, 0.2) is 0 Å². The first-order valence-corrected chi connectivity index (χ1v) is 6.39. The summed E-state index contributed by atoms with van der Waals surface area (Å²) in [4.78, 5) is 2.66. The second kappa shape index (κ2) is 4.60. The second-order valence-corrected chi connectivity index (χ2v) is 5.08. The fraction of sp³-hybridized carbons (Fsp3) is 0.692. The van der Waals surface area contributed by atoms with E-state index in [0.29, 0.717) is 0 Å². The Morgan fingerprint density at radius 3 is 3.12 bits per heavy atom. The van der Waals surface area contributed by atoms with Gasteiger partial charge in [-0.2, -0.15) is 0 Å². The van der Waals surface area contributed by atoms with Gasteiger partial charge in [0.1, 0.15) is 5.76 Å². The summed E-state index contributed by atoms with van der Waals surface area (Å²) in [5.41, 5.74) is 0. The third kappa shape index (κ3) is 2.15. The average Bonchev–Trinajstić information content (AvgIpc) is 3.01. The topological polar surface area (TPSA) is 28.4 Å². The van der Waals surface area contributed by atoms with Crippen molar-refractivity contribution in [2.75, 3.05) is 19.6 Å². The van der Waals surface area contributed by atoms with Gasteiger partial charge in [0.2, 0.25) is 0 Å². The predicted molar refractivity (Wildman–Crippen MR) is 63.1 cm³/mol. The Morgan fingerprint density at radius 1 is 1.44 bits per heavy atom. The second-order valence-electron chi connectivity index (χ2n) is 5.08. The molecular weight excluding hydrogens is 200 g/mol. The Hall–Kier alpha value is -0.800. The van der Waals surface area contributed by atoms with Crippen LogP contribution in [0.1, 0.15) is 25.0 Å². The SMILES string of the molecule is c1coc(CNCCN2CC3CCC2C3)c1. The van der Waals surface area contributed by atoms with Crippen molar-refractivity contribution in [3.8, 4) is 0 Å². The molecule has 2 atom stereocenters. The van der Waals surface area contributed by atoms with Crippen LogP contribution in [0, 0.1) is 5.92 Å². The van der Waals surface area contributed by atoms with E-state index in [0.717, 1.165) is 30.8 Å². The molecule has 0 amide bonds. The molecule has 1 saturated carbocycles. The molecule has 2 unspecified atom stereocenters. The number of fused-ring (bicyclic) bond motifs is 2. The van der Waals surface area contributed by atoms with E-state index >= 15 is 0 Å². The monoisotopic (exact) mass is 220 g/mol. The largest absolute Gasteiger partial charge is 0.468 e. The number of hydrogen-bond donors (Lipinski definition) is 1. The number of likely N-dealkylation sites (tertiary alicyclic amines) is 1. The van der Waals surface area contributed by atoms with Crippen molar-refractivity contribution in [1.29, 1.82) is 0 Å². The standard InChI is InChI=1S/C13H20N2O/c1-2-13(16-7-1)9-14-5-6-15-10-11-3-4-12(15)8-11/h1-2,7,11-12,14H,3-6,8-10H2. The Balaban J connectivity index is 1.35. The van der Waals surface area contributed by atoms with Crippen molar-refractivity contribution < 1.29 is 4.42 Å². The van der Waals surface area contributed by atoms with Crippen LogP contribution in [0.25, 0.3) is 0 Å². The molecule has 1 aromatic rings. The summed E-state index contributed by atoms with van der Waals surface area (Å²) in [5.74, 6) is 2.04. The third-order valence-corrected chi connectivity index (χ3v) is 3.98. The van der Waals surface area contributed by atoms with Gasteiger partial charge in [-0.15, -0.1) is 0 Å². The fourth-order valence-electron chi connectivity index (χ4n) is 3.15. The molecule has 0 spiro atoms. The van der Waals surface area contributed by atoms with E-state index in [1.165, 1.54) is 32.4 Å². The van der Waals surface area contributed by atoms with E-state index in [1.54, 1.807) is 6.26 Å². The van der Waals surface area contributed by atoms with Gasteiger partial charge in [-0.25, -0.2) is 0 Å². The fourth-order valence-corrected chi connectivity index (χ4v) is 3.15. The lowest BCUT2D eigenvalue weighted by Crippen LogP contribution is -2.37. The van der Waals surface area contributed by atoms with E-state index in [9.17, 15) is 0 Å². The van der Waals surface area contributed by atoms with Crippen LogP contribution < -0.4 is 5.32 Å². The lowest BCUT2D eigenvalue weighted by atomic mass is 10.1. The van der Waals surface area contributed by atoms with Gasteiger partial charge in [-0.3, -0.25) is 4.90 Å². The van der Waals surface area contributed by atoms with Gasteiger partial charge in [0, 0.05) is 25.7 Å². The number of nitrogens with zero attached hydrogens (tertiary/aromatic N) is 1. The maximum atomic E-state index is 5.28. The highest BCUT2D eigenvalue weighted by Crippen LogP contribution is 2.36. The minimum Gasteiger partial charge on any atom is -0.468 e. The molecule has 88 valence electrons. The molecule has 1 saturated heterocycles. The van der Waals surface area contributed by atoms with E-state index in [2.05, 4.69) is 10.2 Å². The van der Waals surface area contributed by atoms with Gasteiger partial charge < -0.3 is 9.73 Å². The summed E-state index contributed by atoms with van der Waals surface area (Å²) >= 11 is 0. The van der Waals surface area contributed by atoms with E-state index in [4.69, 9.17) is 4.42 Å². The first-order chi connectivity index (χ1) is 7.92. The highest BCUT2D eigenvalue weighted by atomic mass is 16.3. The molecule has 2 fully saturated rings. The molecule has 1 aliphatic carbocycles. The van der Waals surface area contributed by atoms with Crippen LogP contribution in [-0.4, -0.2) is 30.6 Å². The lowest BCUT2D eigenvalue weighted by molar-refractivity contribution is 0.213. The van der Waals surface area contributed by atoms with Crippen LogP contribution in [0.2, 0.25) is 0 Å². The smallest absolute Gasteiger partial charge is 0.117 e. The molecule has 0 radical (unpaired) electrons. The normalized spacial score (nSPS) is 29.0. The summed E-state index contributed by atoms with van der Waals surface area (Å²) in [6.45, 7) is 4.47. The van der Waals surface area contributed by atoms with Crippen LogP contribution in [0.5, 0.6) is 0 Å². The van der Waals surface area contributed by atoms with Crippen LogP contribution in [0.4, 0.5) is 0 Å². The molecule has 2 heterocycles. The quantitative estimate of drug-likeness (QED) is 0.768. The summed E-state index contributed by atoms with van der Waals surface area (Å²) in [7, 11) is 0. The maximum absolute atomic E-state index is 5.28. The molecule has 3 rings (SSSR count). The summed E-state index contributed by atoms with van der Waals surface area (Å²) in [5, 5.41) is 3.44. The zero-order valence-electron chi connectivity index (χ0n) is 9.69. The molecule has 0 aromatic carbocycles. The summed E-state index contributed by atoms with van der Waals surface area (Å²) in [6, 6.07) is 4.86. The zero-order valence-corrected chi connectivity index (χ0v) is 9.69. The Kier molecular flexibility index (Phi) is 2.98. The van der Waals surface area contributed by atoms with Crippen molar-refractivity contribution in [3.05, 3.63) is 24.2 Å². The van der Waals surface area contributed by atoms with Crippen molar-refractivity contribution >= 4 is 0 Å². The van der Waals surface area contributed by atoms with Crippen LogP contribution in [0.15, 0.2) is 22.8 Å². The molecule has 2 bridgehead atoms. The number of nitrogens with one attached hydrogen (secondary N) is 1. The molecule has 16 heavy (non-hydrogen) atoms. The third-order valence-electron chi connectivity index (χ3n) is 3.98. The van der Waals surface area contributed by atoms with Crippen molar-refractivity contribution in [2.45, 2.75) is 31.8 Å². The minimum atomic E-state index is 0.856. The van der Waals surface area contributed by atoms with E-state index in [-0.39, 0.29) is 0 Å². The van der Waals surface area contributed by atoms with Gasteiger partial charge >= 0.3 is 0 Å². The molecule has 1 aliphatic heterocycles. The van der Waals surface area contributed by atoms with Gasteiger partial charge in [0.05, 0.1) is 12.8 Å². The molecular formula is C13H20N2O. The van der Waals surface area contributed by atoms with Crippen LogP contribution in [-0.2, 0) is 6.54 Å². The molecule has 1 N–H and O–H groups in total. The minimum absolute atomic E-state index is 0.856. The number of furan rings is 1. The van der Waals surface area contributed by atoms with Crippen molar-refractivity contribution in [2.24, 2.45) is 5.92 Å². The predicted octanol–water partition coefficient (Wildman–Crippen LogP) is 1.85. The van der Waals surface area contributed by atoms with E-state index < -0.39 is 0 Å². The first kappa shape index (κ1) is 10.4. The Labute approximate surface area is 96.8 Å². The zero-order chi connectivity index (χ0) is 10.8. The van der Waals surface area contributed by atoms with E-state index in [1.807, 2.05) is 12.1 Å². The number of rotatable bonds is 5. The number of hydrogen-bond acceptors (Lipinski definition) is 3.